The Morgan fingerprint density at radius 2 is 1.67 bits per heavy atom. The molecule has 0 saturated heterocycles. The standard InChI is InChI=1S/C51H72BN2S/c1-16-49(10,11)40(26-33(2)3)29-46(52-48-28-39-27-44-45(31-47(39)55-48)51(14,15)25-24-50(44,12)13)37(9)54(32-36(8)34(4)5)43-19-17-18-42(30-43)53-41-22-20-38(21-23-41)35(6)7/h17,19-20,22-23,27-33,35,38,42,53H,4,16,18,21,24-26H2,1-3,5-15H3/b36-32-,40-29+,46-37-. The largest absolute Gasteiger partial charge is 0.379 e. The quantitative estimate of drug-likeness (QED) is 0.153. The minimum Gasteiger partial charge on any atom is -0.379 e. The number of nitrogens with one attached hydrogen (secondary N) is 1. The van der Waals surface area contributed by atoms with Gasteiger partial charge in [-0.3, -0.25) is 0 Å². The van der Waals surface area contributed by atoms with E-state index < -0.39 is 0 Å². The van der Waals surface area contributed by atoms with E-state index in [2.05, 4.69) is 188 Å². The molecule has 0 saturated carbocycles. The van der Waals surface area contributed by atoms with E-state index in [1.54, 1.807) is 0 Å². The second-order valence-electron chi connectivity index (χ2n) is 19.6. The minimum absolute atomic E-state index is 0.0865. The third-order valence-electron chi connectivity index (χ3n) is 13.0. The first kappa shape index (κ1) is 42.9. The smallest absolute Gasteiger partial charge is 0.207 e. The molecule has 3 aliphatic rings. The fourth-order valence-electron chi connectivity index (χ4n) is 8.17. The van der Waals surface area contributed by atoms with Gasteiger partial charge in [-0.05, 0) is 157 Å². The average Bonchev–Trinajstić information content (AvgIpc) is 3.52. The Kier molecular flexibility index (Phi) is 13.3. The maximum Gasteiger partial charge on any atom is 0.207 e. The first-order valence-corrected chi connectivity index (χ1v) is 22.0. The molecule has 2 atom stereocenters. The molecule has 0 spiro atoms. The predicted octanol–water partition coefficient (Wildman–Crippen LogP) is 13.9. The monoisotopic (exact) mass is 756 g/mol. The van der Waals surface area contributed by atoms with Gasteiger partial charge < -0.3 is 10.2 Å². The zero-order valence-corrected chi connectivity index (χ0v) is 37.9. The van der Waals surface area contributed by atoms with Gasteiger partial charge in [0.25, 0.3) is 0 Å². The van der Waals surface area contributed by atoms with Gasteiger partial charge in [-0.15, -0.1) is 0 Å². The lowest BCUT2D eigenvalue weighted by atomic mass is 9.63. The molecule has 1 N–H and O–H groups in total. The first-order chi connectivity index (χ1) is 25.7. The summed E-state index contributed by atoms with van der Waals surface area (Å²) in [6, 6.07) is 7.70. The maximum absolute atomic E-state index is 4.34. The van der Waals surface area contributed by atoms with Crippen molar-refractivity contribution in [1.29, 1.82) is 0 Å². The van der Waals surface area contributed by atoms with Crippen molar-refractivity contribution in [2.24, 2.45) is 23.2 Å². The van der Waals surface area contributed by atoms with E-state index in [1.165, 1.54) is 72.5 Å². The van der Waals surface area contributed by atoms with E-state index in [0.717, 1.165) is 31.3 Å². The van der Waals surface area contributed by atoms with Gasteiger partial charge in [-0.2, -0.15) is 11.3 Å². The molecule has 1 heterocycles. The molecule has 2 nitrogen and oxygen atoms in total. The van der Waals surface area contributed by atoms with Gasteiger partial charge in [-0.1, -0.05) is 124 Å². The highest BCUT2D eigenvalue weighted by Crippen LogP contribution is 2.47. The number of benzene rings is 1. The highest BCUT2D eigenvalue weighted by molar-refractivity contribution is 7.27. The SMILES string of the molecule is C=C(C)/C(C)=C\N(C1=CC(NC2=CCC(C(C)C)C=C2)CC=C1)/C(C)=C([B]c1cc2cc3c(cc2s1)C(C)(C)CCC3(C)C)/C=C(\CC(C)C)C(C)(C)CC. The van der Waals surface area contributed by atoms with Crippen LogP contribution in [0.15, 0.2) is 113 Å². The van der Waals surface area contributed by atoms with Crippen LogP contribution in [-0.4, -0.2) is 18.2 Å². The topological polar surface area (TPSA) is 15.3 Å². The summed E-state index contributed by atoms with van der Waals surface area (Å²) in [5, 5.41) is 5.23. The molecular weight excluding hydrogens is 683 g/mol. The van der Waals surface area contributed by atoms with Crippen molar-refractivity contribution >= 4 is 33.5 Å². The summed E-state index contributed by atoms with van der Waals surface area (Å²) in [6.45, 7) is 37.2. The Balaban J connectivity index is 1.64. The van der Waals surface area contributed by atoms with E-state index in [4.69, 9.17) is 0 Å². The van der Waals surface area contributed by atoms with Gasteiger partial charge in [0.05, 0.1) is 6.04 Å². The van der Waals surface area contributed by atoms with Gasteiger partial charge in [0, 0.05) is 28.0 Å². The van der Waals surface area contributed by atoms with Gasteiger partial charge >= 0.3 is 0 Å². The van der Waals surface area contributed by atoms with Crippen molar-refractivity contribution in [3.8, 4) is 0 Å². The first-order valence-electron chi connectivity index (χ1n) is 21.2. The Hall–Kier alpha value is -3.24. The average molecular weight is 756 g/mol. The zero-order chi connectivity index (χ0) is 40.5. The normalized spacial score (nSPS) is 21.7. The van der Waals surface area contributed by atoms with Crippen LogP contribution < -0.4 is 10.1 Å². The van der Waals surface area contributed by atoms with Crippen LogP contribution in [0.2, 0.25) is 0 Å². The molecule has 4 heteroatoms. The molecule has 295 valence electrons. The molecule has 0 fully saturated rings. The number of thiophene rings is 1. The third-order valence-corrected chi connectivity index (χ3v) is 14.0. The van der Waals surface area contributed by atoms with E-state index >= 15 is 0 Å². The molecule has 5 rings (SSSR count). The van der Waals surface area contributed by atoms with E-state index in [9.17, 15) is 0 Å². The van der Waals surface area contributed by atoms with Crippen LogP contribution in [0.25, 0.3) is 10.1 Å². The van der Waals surface area contributed by atoms with Crippen LogP contribution in [-0.2, 0) is 10.8 Å². The zero-order valence-electron chi connectivity index (χ0n) is 37.0. The third kappa shape index (κ3) is 10.2. The lowest BCUT2D eigenvalue weighted by Gasteiger charge is -2.41. The molecule has 0 amide bonds. The highest BCUT2D eigenvalue weighted by atomic mass is 32.1. The van der Waals surface area contributed by atoms with Crippen molar-refractivity contribution in [2.75, 3.05) is 0 Å². The summed E-state index contributed by atoms with van der Waals surface area (Å²) in [4.78, 5) is 2.43. The minimum atomic E-state index is 0.0865. The van der Waals surface area contributed by atoms with Crippen LogP contribution in [0, 0.1) is 23.2 Å². The second kappa shape index (κ2) is 17.1. The van der Waals surface area contributed by atoms with E-state index in [-0.39, 0.29) is 22.3 Å². The summed E-state index contributed by atoms with van der Waals surface area (Å²) in [7, 11) is 2.48. The lowest BCUT2D eigenvalue weighted by Crippen LogP contribution is -2.33. The van der Waals surface area contributed by atoms with Crippen LogP contribution in [0.1, 0.15) is 147 Å². The lowest BCUT2D eigenvalue weighted by molar-refractivity contribution is 0.332. The van der Waals surface area contributed by atoms with E-state index in [0.29, 0.717) is 17.8 Å². The Bertz CT molecular complexity index is 1910. The van der Waals surface area contributed by atoms with Gasteiger partial charge in [0.1, 0.15) is 0 Å². The molecular formula is C51H72BN2S. The van der Waals surface area contributed by atoms with Crippen molar-refractivity contribution in [2.45, 2.75) is 152 Å². The fourth-order valence-corrected chi connectivity index (χ4v) is 9.21. The van der Waals surface area contributed by atoms with Gasteiger partial charge in [0.2, 0.25) is 7.28 Å². The Labute approximate surface area is 341 Å². The Morgan fingerprint density at radius 3 is 2.25 bits per heavy atom. The molecule has 0 bridgehead atoms. The van der Waals surface area contributed by atoms with Crippen molar-refractivity contribution in [1.82, 2.24) is 10.2 Å². The van der Waals surface area contributed by atoms with E-state index in [1.807, 2.05) is 11.3 Å². The number of fused-ring (bicyclic) bond motifs is 2. The van der Waals surface area contributed by atoms with Gasteiger partial charge in [0.15, 0.2) is 0 Å². The summed E-state index contributed by atoms with van der Waals surface area (Å²) in [5.74, 6) is 1.84. The van der Waals surface area contributed by atoms with Crippen LogP contribution in [0.5, 0.6) is 0 Å². The summed E-state index contributed by atoms with van der Waals surface area (Å²) in [5.41, 5.74) is 12.2. The van der Waals surface area contributed by atoms with Crippen LogP contribution >= 0.6 is 11.3 Å². The van der Waals surface area contributed by atoms with Crippen LogP contribution in [0.3, 0.4) is 0 Å². The van der Waals surface area contributed by atoms with Crippen molar-refractivity contribution in [3.63, 3.8) is 0 Å². The van der Waals surface area contributed by atoms with Gasteiger partial charge in [-0.25, -0.2) is 0 Å². The van der Waals surface area contributed by atoms with Crippen molar-refractivity contribution < 1.29 is 0 Å². The molecule has 1 aromatic heterocycles. The summed E-state index contributed by atoms with van der Waals surface area (Å²) >= 11 is 1.94. The number of hydrogen-bond acceptors (Lipinski definition) is 3. The summed E-state index contributed by atoms with van der Waals surface area (Å²) in [6.07, 6.45) is 25.7. The molecule has 1 radical (unpaired) electrons. The van der Waals surface area contributed by atoms with Crippen LogP contribution in [0.4, 0.5) is 0 Å². The molecule has 1 aromatic carbocycles. The number of nitrogens with zero attached hydrogens (tertiary/aromatic N) is 1. The molecule has 2 unspecified atom stereocenters. The maximum atomic E-state index is 4.34. The van der Waals surface area contributed by atoms with Crippen molar-refractivity contribution in [3.05, 3.63) is 124 Å². The number of hydrogen-bond donors (Lipinski definition) is 1. The fraction of sp³-hybridized carbons (Fsp3) is 0.529. The summed E-state index contributed by atoms with van der Waals surface area (Å²) < 4.78 is 2.70. The molecule has 55 heavy (non-hydrogen) atoms. The molecule has 2 aromatic rings. The second-order valence-corrected chi connectivity index (χ2v) is 20.8. The molecule has 0 aliphatic heterocycles. The Morgan fingerprint density at radius 1 is 1.00 bits per heavy atom. The predicted molar refractivity (Wildman–Crippen MR) is 246 cm³/mol. The highest BCUT2D eigenvalue weighted by Gasteiger charge is 2.37. The molecule has 3 aliphatic carbocycles. The number of rotatable bonds is 14. The number of allylic oxidation sites excluding steroid dienone is 10.